The van der Waals surface area contributed by atoms with Crippen LogP contribution in [-0.2, 0) is 14.8 Å². The molecular formula is C13H20N2O4S2. The van der Waals surface area contributed by atoms with E-state index in [9.17, 15) is 13.2 Å². The van der Waals surface area contributed by atoms with Crippen molar-refractivity contribution in [2.24, 2.45) is 11.1 Å². The number of esters is 1. The minimum absolute atomic E-state index is 0.0166. The number of rotatable bonds is 3. The lowest BCUT2D eigenvalue weighted by atomic mass is 9.81. The summed E-state index contributed by atoms with van der Waals surface area (Å²) in [7, 11) is -2.33. The number of nitrogens with two attached hydrogens (primary N) is 1. The number of methoxy groups -OCH3 is 1. The highest BCUT2D eigenvalue weighted by molar-refractivity contribution is 7.89. The van der Waals surface area contributed by atoms with Crippen LogP contribution in [0.25, 0.3) is 0 Å². The molecule has 1 aliphatic heterocycles. The maximum absolute atomic E-state index is 12.6. The number of carbonyl (C=O) groups excluding carboxylic acids is 1. The summed E-state index contributed by atoms with van der Waals surface area (Å²) in [6.07, 6.45) is 0.625. The SMILES string of the molecule is COC(=O)c1cc(S(=O)(=O)N2CCC(N)C(C)(C)C2)cs1. The molecule has 1 unspecified atom stereocenters. The molecule has 0 amide bonds. The van der Waals surface area contributed by atoms with Crippen LogP contribution in [0.3, 0.4) is 0 Å². The first kappa shape index (κ1) is 16.4. The van der Waals surface area contributed by atoms with E-state index in [0.29, 0.717) is 19.5 Å². The van der Waals surface area contributed by atoms with Crippen molar-refractivity contribution in [3.05, 3.63) is 16.3 Å². The number of hydrogen-bond acceptors (Lipinski definition) is 6. The number of ether oxygens (including phenoxy) is 1. The molecule has 1 saturated heterocycles. The van der Waals surface area contributed by atoms with Gasteiger partial charge in [0.05, 0.1) is 12.0 Å². The third-order valence-corrected chi connectivity index (χ3v) is 6.76. The Morgan fingerprint density at radius 3 is 2.76 bits per heavy atom. The first-order chi connectivity index (χ1) is 9.68. The molecule has 1 aliphatic rings. The molecule has 1 aromatic rings. The average Bonchev–Trinajstić information content (AvgIpc) is 2.91. The highest BCUT2D eigenvalue weighted by atomic mass is 32.2. The van der Waals surface area contributed by atoms with E-state index in [4.69, 9.17) is 5.73 Å². The van der Waals surface area contributed by atoms with Gasteiger partial charge in [-0.25, -0.2) is 13.2 Å². The van der Waals surface area contributed by atoms with E-state index in [1.165, 1.54) is 22.9 Å². The monoisotopic (exact) mass is 332 g/mol. The smallest absolute Gasteiger partial charge is 0.348 e. The summed E-state index contributed by atoms with van der Waals surface area (Å²) in [6.45, 7) is 4.70. The molecule has 6 nitrogen and oxygen atoms in total. The average molecular weight is 332 g/mol. The van der Waals surface area contributed by atoms with Gasteiger partial charge in [0.2, 0.25) is 10.0 Å². The quantitative estimate of drug-likeness (QED) is 0.842. The molecule has 0 saturated carbocycles. The molecule has 1 aromatic heterocycles. The van der Waals surface area contributed by atoms with E-state index in [0.717, 1.165) is 11.3 Å². The van der Waals surface area contributed by atoms with Gasteiger partial charge in [0, 0.05) is 24.5 Å². The van der Waals surface area contributed by atoms with Gasteiger partial charge in [0.15, 0.2) is 0 Å². The van der Waals surface area contributed by atoms with E-state index in [2.05, 4.69) is 4.74 Å². The summed E-state index contributed by atoms with van der Waals surface area (Å²) >= 11 is 1.07. The lowest BCUT2D eigenvalue weighted by molar-refractivity contribution is 0.0606. The summed E-state index contributed by atoms with van der Waals surface area (Å²) in [5.74, 6) is -0.526. The van der Waals surface area contributed by atoms with E-state index in [1.807, 2.05) is 13.8 Å². The minimum Gasteiger partial charge on any atom is -0.465 e. The fourth-order valence-corrected chi connectivity index (χ4v) is 5.15. The van der Waals surface area contributed by atoms with Crippen molar-refractivity contribution in [2.45, 2.75) is 31.2 Å². The normalized spacial score (nSPS) is 23.0. The van der Waals surface area contributed by atoms with Crippen LogP contribution in [0.2, 0.25) is 0 Å². The Balaban J connectivity index is 2.26. The van der Waals surface area contributed by atoms with Gasteiger partial charge < -0.3 is 10.5 Å². The molecule has 1 atom stereocenters. The van der Waals surface area contributed by atoms with Crippen molar-refractivity contribution in [2.75, 3.05) is 20.2 Å². The molecule has 118 valence electrons. The number of hydrogen-bond donors (Lipinski definition) is 1. The Hall–Kier alpha value is -0.960. The van der Waals surface area contributed by atoms with Crippen molar-refractivity contribution in [1.82, 2.24) is 4.31 Å². The molecule has 0 bridgehead atoms. The Morgan fingerprint density at radius 1 is 1.52 bits per heavy atom. The Morgan fingerprint density at radius 2 is 2.19 bits per heavy atom. The predicted molar refractivity (Wildman–Crippen MR) is 80.8 cm³/mol. The van der Waals surface area contributed by atoms with Crippen LogP contribution in [-0.4, -0.2) is 44.9 Å². The number of piperidine rings is 1. The Bertz CT molecular complexity index is 636. The Kier molecular flexibility index (Phi) is 4.44. The molecular weight excluding hydrogens is 312 g/mol. The highest BCUT2D eigenvalue weighted by Gasteiger charge is 2.39. The number of nitrogens with zero attached hydrogens (tertiary/aromatic N) is 1. The van der Waals surface area contributed by atoms with Gasteiger partial charge in [-0.15, -0.1) is 11.3 Å². The van der Waals surface area contributed by atoms with E-state index < -0.39 is 16.0 Å². The second kappa shape index (κ2) is 5.68. The van der Waals surface area contributed by atoms with Gasteiger partial charge in [-0.2, -0.15) is 4.31 Å². The number of carbonyl (C=O) groups is 1. The van der Waals surface area contributed by atoms with Crippen molar-refractivity contribution in [1.29, 1.82) is 0 Å². The second-order valence-electron chi connectivity index (χ2n) is 5.86. The fourth-order valence-electron chi connectivity index (χ4n) is 2.34. The van der Waals surface area contributed by atoms with Crippen LogP contribution >= 0.6 is 11.3 Å². The first-order valence-electron chi connectivity index (χ1n) is 6.61. The zero-order valence-electron chi connectivity index (χ0n) is 12.3. The van der Waals surface area contributed by atoms with Crippen LogP contribution in [0.1, 0.15) is 29.9 Å². The molecule has 0 aromatic carbocycles. The van der Waals surface area contributed by atoms with Gasteiger partial charge in [-0.1, -0.05) is 13.8 Å². The lowest BCUT2D eigenvalue weighted by Crippen LogP contribution is -2.53. The summed E-state index contributed by atoms with van der Waals surface area (Å²) in [5.41, 5.74) is 5.77. The third kappa shape index (κ3) is 3.13. The molecule has 2 N–H and O–H groups in total. The van der Waals surface area contributed by atoms with Gasteiger partial charge in [0.25, 0.3) is 0 Å². The molecule has 8 heteroatoms. The maximum atomic E-state index is 12.6. The molecule has 2 rings (SSSR count). The van der Waals surface area contributed by atoms with Crippen LogP contribution in [0.4, 0.5) is 0 Å². The summed E-state index contributed by atoms with van der Waals surface area (Å²) in [6, 6.07) is 1.35. The molecule has 0 spiro atoms. The number of sulfonamides is 1. The van der Waals surface area contributed by atoms with Gasteiger partial charge >= 0.3 is 5.97 Å². The highest BCUT2D eigenvalue weighted by Crippen LogP contribution is 2.32. The summed E-state index contributed by atoms with van der Waals surface area (Å²) in [5, 5.41) is 1.48. The third-order valence-electron chi connectivity index (χ3n) is 3.88. The van der Waals surface area contributed by atoms with Crippen LogP contribution in [0.15, 0.2) is 16.3 Å². The molecule has 0 aliphatic carbocycles. The maximum Gasteiger partial charge on any atom is 0.348 e. The molecule has 1 fully saturated rings. The molecule has 0 radical (unpaired) electrons. The largest absolute Gasteiger partial charge is 0.465 e. The van der Waals surface area contributed by atoms with Crippen molar-refractivity contribution in [3.8, 4) is 0 Å². The predicted octanol–water partition coefficient (Wildman–Crippen LogP) is 1.28. The zero-order chi connectivity index (χ0) is 15.8. The standard InChI is InChI=1S/C13H20N2O4S2/c1-13(2)8-15(5-4-11(13)14)21(17,18)9-6-10(20-7-9)12(16)19-3/h6-7,11H,4-5,8,14H2,1-3H3. The Labute approximate surface area is 128 Å². The lowest BCUT2D eigenvalue weighted by Gasteiger charge is -2.41. The van der Waals surface area contributed by atoms with Crippen LogP contribution < -0.4 is 5.73 Å². The molecule has 2 heterocycles. The van der Waals surface area contributed by atoms with Crippen LogP contribution in [0.5, 0.6) is 0 Å². The first-order valence-corrected chi connectivity index (χ1v) is 8.93. The summed E-state index contributed by atoms with van der Waals surface area (Å²) in [4.78, 5) is 11.9. The van der Waals surface area contributed by atoms with Crippen molar-refractivity contribution in [3.63, 3.8) is 0 Å². The van der Waals surface area contributed by atoms with Gasteiger partial charge in [-0.3, -0.25) is 0 Å². The van der Waals surface area contributed by atoms with E-state index in [-0.39, 0.29) is 21.2 Å². The van der Waals surface area contributed by atoms with E-state index in [1.54, 1.807) is 0 Å². The second-order valence-corrected chi connectivity index (χ2v) is 8.71. The van der Waals surface area contributed by atoms with E-state index >= 15 is 0 Å². The van der Waals surface area contributed by atoms with Crippen LogP contribution in [0, 0.1) is 5.41 Å². The van der Waals surface area contributed by atoms with Crippen molar-refractivity contribution >= 4 is 27.3 Å². The topological polar surface area (TPSA) is 89.7 Å². The zero-order valence-corrected chi connectivity index (χ0v) is 14.0. The van der Waals surface area contributed by atoms with Crippen molar-refractivity contribution < 1.29 is 17.9 Å². The summed E-state index contributed by atoms with van der Waals surface area (Å²) < 4.78 is 31.3. The van der Waals surface area contributed by atoms with Gasteiger partial charge in [-0.05, 0) is 17.9 Å². The number of thiophene rings is 1. The minimum atomic E-state index is -3.60. The van der Waals surface area contributed by atoms with Gasteiger partial charge in [0.1, 0.15) is 4.88 Å². The fraction of sp³-hybridized carbons (Fsp3) is 0.615. The molecule has 21 heavy (non-hydrogen) atoms.